The number of anilines is 1. The first-order valence-corrected chi connectivity index (χ1v) is 10.6. The van der Waals surface area contributed by atoms with E-state index in [1.807, 2.05) is 11.0 Å². The molecule has 2 aromatic rings. The largest absolute Gasteiger partial charge is 0.360 e. The van der Waals surface area contributed by atoms with Gasteiger partial charge in [0.25, 0.3) is 10.0 Å². The monoisotopic (exact) mass is 391 g/mol. The van der Waals surface area contributed by atoms with Crippen molar-refractivity contribution in [2.75, 3.05) is 11.3 Å². The number of carbonyl (C=O) groups excluding carboxylic acids is 1. The summed E-state index contributed by atoms with van der Waals surface area (Å²) in [5, 5.41) is 3.67. The van der Waals surface area contributed by atoms with Crippen molar-refractivity contribution in [2.45, 2.75) is 51.5 Å². The van der Waals surface area contributed by atoms with Gasteiger partial charge in [0, 0.05) is 25.6 Å². The average Bonchev–Trinajstić information content (AvgIpc) is 3.02. The van der Waals surface area contributed by atoms with Crippen molar-refractivity contribution in [1.29, 1.82) is 0 Å². The highest BCUT2D eigenvalue weighted by atomic mass is 32.2. The van der Waals surface area contributed by atoms with Gasteiger partial charge in [0.15, 0.2) is 5.82 Å². The van der Waals surface area contributed by atoms with Crippen molar-refractivity contribution in [3.63, 3.8) is 0 Å². The van der Waals surface area contributed by atoms with E-state index in [1.165, 1.54) is 6.07 Å². The van der Waals surface area contributed by atoms with Crippen LogP contribution in [0.1, 0.15) is 43.6 Å². The Hall–Kier alpha value is -2.35. The van der Waals surface area contributed by atoms with Crippen molar-refractivity contribution >= 4 is 21.7 Å². The molecule has 0 spiro atoms. The topological polar surface area (TPSA) is 92.5 Å². The number of aryl methyl sites for hydroxylation is 1. The molecule has 2 heterocycles. The molecule has 3 rings (SSSR count). The number of amides is 1. The quantitative estimate of drug-likeness (QED) is 0.817. The molecule has 0 saturated carbocycles. The number of hydrogen-bond donors (Lipinski definition) is 1. The molecule has 1 N–H and O–H groups in total. The summed E-state index contributed by atoms with van der Waals surface area (Å²) in [4.78, 5) is 14.4. The number of fused-ring (bicyclic) bond motifs is 1. The molecule has 0 unspecified atom stereocenters. The molecule has 1 aliphatic rings. The average molecular weight is 391 g/mol. The fourth-order valence-corrected chi connectivity index (χ4v) is 4.13. The third kappa shape index (κ3) is 4.68. The van der Waals surface area contributed by atoms with E-state index in [-0.39, 0.29) is 16.6 Å². The van der Waals surface area contributed by atoms with Crippen LogP contribution in [0.5, 0.6) is 0 Å². The van der Waals surface area contributed by atoms with Crippen molar-refractivity contribution < 1.29 is 17.7 Å². The van der Waals surface area contributed by atoms with Gasteiger partial charge in [-0.3, -0.25) is 9.52 Å². The predicted octanol–water partition coefficient (Wildman–Crippen LogP) is 3.10. The number of carbonyl (C=O) groups is 1. The molecule has 0 radical (unpaired) electrons. The number of nitrogens with zero attached hydrogens (tertiary/aromatic N) is 2. The maximum atomic E-state index is 12.6. The summed E-state index contributed by atoms with van der Waals surface area (Å²) < 4.78 is 32.5. The molecule has 0 saturated heterocycles. The highest BCUT2D eigenvalue weighted by Gasteiger charge is 2.23. The van der Waals surface area contributed by atoms with Crippen LogP contribution in [0.2, 0.25) is 0 Å². The molecule has 1 aromatic heterocycles. The third-order valence-corrected chi connectivity index (χ3v) is 6.01. The number of rotatable bonds is 6. The number of hydrogen-bond acceptors (Lipinski definition) is 5. The van der Waals surface area contributed by atoms with E-state index in [0.717, 1.165) is 24.0 Å². The van der Waals surface area contributed by atoms with Gasteiger partial charge in [0.2, 0.25) is 5.91 Å². The Kier molecular flexibility index (Phi) is 5.55. The van der Waals surface area contributed by atoms with Gasteiger partial charge in [-0.25, -0.2) is 8.42 Å². The molecule has 0 fully saturated rings. The summed E-state index contributed by atoms with van der Waals surface area (Å²) in [6.07, 6.45) is 2.12. The zero-order valence-electron chi connectivity index (χ0n) is 15.9. The van der Waals surface area contributed by atoms with Gasteiger partial charge >= 0.3 is 0 Å². The lowest BCUT2D eigenvalue weighted by Crippen LogP contribution is -2.36. The summed E-state index contributed by atoms with van der Waals surface area (Å²) in [6, 6.07) is 6.58. The smallest absolute Gasteiger partial charge is 0.263 e. The Bertz CT molecular complexity index is 934. The summed E-state index contributed by atoms with van der Waals surface area (Å²) in [5.74, 6) is 1.28. The van der Waals surface area contributed by atoms with Gasteiger partial charge in [-0.2, -0.15) is 0 Å². The second-order valence-electron chi connectivity index (χ2n) is 7.36. The Morgan fingerprint density at radius 3 is 2.74 bits per heavy atom. The van der Waals surface area contributed by atoms with E-state index in [2.05, 4.69) is 23.7 Å². The molecule has 1 aliphatic heterocycles. The van der Waals surface area contributed by atoms with Crippen molar-refractivity contribution in [3.05, 3.63) is 41.2 Å². The van der Waals surface area contributed by atoms with Crippen LogP contribution in [-0.2, 0) is 27.8 Å². The van der Waals surface area contributed by atoms with Gasteiger partial charge in [0.1, 0.15) is 5.76 Å². The fourth-order valence-electron chi connectivity index (χ4n) is 3.09. The molecule has 146 valence electrons. The highest BCUT2D eigenvalue weighted by molar-refractivity contribution is 7.92. The molecule has 0 atom stereocenters. The van der Waals surface area contributed by atoms with E-state index >= 15 is 0 Å². The maximum absolute atomic E-state index is 12.6. The molecule has 1 aromatic carbocycles. The van der Waals surface area contributed by atoms with Crippen LogP contribution in [0.25, 0.3) is 0 Å². The maximum Gasteiger partial charge on any atom is 0.263 e. The van der Waals surface area contributed by atoms with Gasteiger partial charge in [-0.05, 0) is 48.9 Å². The minimum atomic E-state index is -3.77. The van der Waals surface area contributed by atoms with E-state index in [4.69, 9.17) is 4.52 Å². The molecule has 27 heavy (non-hydrogen) atoms. The molecule has 7 nitrogen and oxygen atoms in total. The minimum absolute atomic E-state index is 0.124. The molecular weight excluding hydrogens is 366 g/mol. The standard InChI is InChI=1S/C19H25N3O4S/c1-13(2)4-7-19(23)22-9-8-15-5-6-17(11-16(15)12-22)27(24,25)21-18-10-14(3)26-20-18/h5-6,10-11,13H,4,7-9,12H2,1-3H3,(H,20,21). The van der Waals surface area contributed by atoms with Gasteiger partial charge in [-0.15, -0.1) is 0 Å². The molecule has 1 amide bonds. The summed E-state index contributed by atoms with van der Waals surface area (Å²) in [5.41, 5.74) is 1.96. The van der Waals surface area contributed by atoms with Crippen molar-refractivity contribution in [1.82, 2.24) is 10.1 Å². The van der Waals surface area contributed by atoms with Gasteiger partial charge in [0.05, 0.1) is 4.90 Å². The lowest BCUT2D eigenvalue weighted by molar-refractivity contribution is -0.132. The second-order valence-corrected chi connectivity index (χ2v) is 9.04. The van der Waals surface area contributed by atoms with E-state index in [9.17, 15) is 13.2 Å². The van der Waals surface area contributed by atoms with Crippen LogP contribution in [0, 0.1) is 12.8 Å². The van der Waals surface area contributed by atoms with Crippen LogP contribution in [0.15, 0.2) is 33.7 Å². The lowest BCUT2D eigenvalue weighted by Gasteiger charge is -2.29. The fraction of sp³-hybridized carbons (Fsp3) is 0.474. The Labute approximate surface area is 159 Å². The van der Waals surface area contributed by atoms with Gasteiger partial charge < -0.3 is 9.42 Å². The van der Waals surface area contributed by atoms with E-state index < -0.39 is 10.0 Å². The summed E-state index contributed by atoms with van der Waals surface area (Å²) >= 11 is 0. The summed E-state index contributed by atoms with van der Waals surface area (Å²) in [6.45, 7) is 7.00. The van der Waals surface area contributed by atoms with Crippen LogP contribution in [0.4, 0.5) is 5.82 Å². The first-order chi connectivity index (χ1) is 12.7. The number of sulfonamides is 1. The zero-order chi connectivity index (χ0) is 19.6. The van der Waals surface area contributed by atoms with E-state index in [1.54, 1.807) is 19.1 Å². The van der Waals surface area contributed by atoms with Crippen molar-refractivity contribution in [2.24, 2.45) is 5.92 Å². The third-order valence-electron chi connectivity index (χ3n) is 4.66. The summed E-state index contributed by atoms with van der Waals surface area (Å²) in [7, 11) is -3.77. The zero-order valence-corrected chi connectivity index (χ0v) is 16.7. The molecule has 8 heteroatoms. The van der Waals surface area contributed by atoms with Crippen LogP contribution in [-0.4, -0.2) is 30.9 Å². The number of benzene rings is 1. The predicted molar refractivity (Wildman–Crippen MR) is 102 cm³/mol. The molecule has 0 bridgehead atoms. The number of aromatic nitrogens is 1. The Morgan fingerprint density at radius 2 is 2.07 bits per heavy atom. The number of nitrogens with one attached hydrogen (secondary N) is 1. The van der Waals surface area contributed by atoms with Crippen molar-refractivity contribution in [3.8, 4) is 0 Å². The Balaban J connectivity index is 1.76. The normalized spacial score (nSPS) is 14.3. The molecular formula is C19H25N3O4S. The lowest BCUT2D eigenvalue weighted by atomic mass is 9.99. The Morgan fingerprint density at radius 1 is 1.30 bits per heavy atom. The van der Waals surface area contributed by atoms with Crippen LogP contribution >= 0.6 is 0 Å². The first-order valence-electron chi connectivity index (χ1n) is 9.10. The van der Waals surface area contributed by atoms with Crippen LogP contribution < -0.4 is 4.72 Å². The van der Waals surface area contributed by atoms with E-state index in [0.29, 0.717) is 31.2 Å². The minimum Gasteiger partial charge on any atom is -0.360 e. The highest BCUT2D eigenvalue weighted by Crippen LogP contribution is 2.25. The molecule has 0 aliphatic carbocycles. The van der Waals surface area contributed by atoms with Crippen LogP contribution in [0.3, 0.4) is 0 Å². The van der Waals surface area contributed by atoms with Gasteiger partial charge in [-0.1, -0.05) is 25.1 Å². The second kappa shape index (κ2) is 7.72. The SMILES string of the molecule is Cc1cc(NS(=O)(=O)c2ccc3c(c2)CN(C(=O)CCC(C)C)CC3)no1. The first kappa shape index (κ1) is 19.4.